The normalized spacial score (nSPS) is 15.2. The number of fused-ring (bicyclic) bond motifs is 1. The minimum Gasteiger partial charge on any atom is -0.469 e. The minimum absolute atomic E-state index is 0.0133. The van der Waals surface area contributed by atoms with Crippen LogP contribution in [0.4, 0.5) is 5.82 Å². The summed E-state index contributed by atoms with van der Waals surface area (Å²) in [6.07, 6.45) is 6.60. The molecule has 4 heterocycles. The van der Waals surface area contributed by atoms with Gasteiger partial charge in [0.15, 0.2) is 11.5 Å². The highest BCUT2D eigenvalue weighted by molar-refractivity contribution is 5.76. The van der Waals surface area contributed by atoms with Crippen LogP contribution in [0.1, 0.15) is 44.2 Å². The Morgan fingerprint density at radius 1 is 1.21 bits per heavy atom. The van der Waals surface area contributed by atoms with Crippen LogP contribution >= 0.6 is 0 Å². The van der Waals surface area contributed by atoms with E-state index in [1.807, 2.05) is 31.2 Å². The molecular weight excluding hydrogens is 356 g/mol. The lowest BCUT2D eigenvalue weighted by Crippen LogP contribution is -2.33. The molecule has 3 aromatic rings. The predicted molar refractivity (Wildman–Crippen MR) is 105 cm³/mol. The van der Waals surface area contributed by atoms with Crippen LogP contribution in [0.3, 0.4) is 0 Å². The smallest absolute Gasteiger partial charge is 0.220 e. The van der Waals surface area contributed by atoms with Crippen molar-refractivity contribution in [2.75, 3.05) is 18.0 Å². The Morgan fingerprint density at radius 3 is 2.86 bits per heavy atom. The maximum absolute atomic E-state index is 12.3. The molecule has 0 bridgehead atoms. The Balaban J connectivity index is 1.31. The summed E-state index contributed by atoms with van der Waals surface area (Å²) in [7, 11) is 0. The summed E-state index contributed by atoms with van der Waals surface area (Å²) in [5.41, 5.74) is 0.713. The molecule has 1 aliphatic heterocycles. The van der Waals surface area contributed by atoms with Crippen LogP contribution in [-0.2, 0) is 17.6 Å². The Labute approximate surface area is 163 Å². The Hall–Kier alpha value is -2.90. The fraction of sp³-hybridized carbons (Fsp3) is 0.500. The van der Waals surface area contributed by atoms with Crippen molar-refractivity contribution in [2.24, 2.45) is 0 Å². The summed E-state index contributed by atoms with van der Waals surface area (Å²) >= 11 is 0. The van der Waals surface area contributed by atoms with Crippen molar-refractivity contribution in [1.29, 1.82) is 0 Å². The average Bonchev–Trinajstić information content (AvgIpc) is 3.46. The number of rotatable bonds is 8. The van der Waals surface area contributed by atoms with E-state index in [1.54, 1.807) is 10.8 Å². The molecule has 0 spiro atoms. The van der Waals surface area contributed by atoms with Gasteiger partial charge in [0.05, 0.1) is 6.26 Å². The van der Waals surface area contributed by atoms with Gasteiger partial charge in [0.2, 0.25) is 5.91 Å². The molecule has 1 amide bonds. The fourth-order valence-electron chi connectivity index (χ4n) is 3.55. The van der Waals surface area contributed by atoms with E-state index in [-0.39, 0.29) is 11.9 Å². The van der Waals surface area contributed by atoms with E-state index in [4.69, 9.17) is 4.42 Å². The number of furan rings is 1. The van der Waals surface area contributed by atoms with Crippen LogP contribution in [0.5, 0.6) is 0 Å². The number of hydrogen-bond donors (Lipinski definition) is 1. The third-order valence-corrected chi connectivity index (χ3v) is 5.13. The second kappa shape index (κ2) is 8.41. The number of aryl methyl sites for hydroxylation is 2. The van der Waals surface area contributed by atoms with E-state index >= 15 is 0 Å². The fourth-order valence-corrected chi connectivity index (χ4v) is 3.55. The standard InChI is InChI=1S/C20H26N6O2/c1-15(6-7-16-5-4-14-28-16)21-20(27)11-10-18-23-22-17-8-9-19(24-26(17)18)25-12-2-3-13-25/h4-5,8-9,14-15H,2-3,6-7,10-13H2,1H3,(H,21,27)/t15-/m0/s1. The van der Waals surface area contributed by atoms with E-state index in [0.29, 0.717) is 18.5 Å². The highest BCUT2D eigenvalue weighted by Crippen LogP contribution is 2.18. The van der Waals surface area contributed by atoms with Gasteiger partial charge in [-0.3, -0.25) is 4.79 Å². The lowest BCUT2D eigenvalue weighted by molar-refractivity contribution is -0.121. The molecule has 8 nitrogen and oxygen atoms in total. The monoisotopic (exact) mass is 382 g/mol. The van der Waals surface area contributed by atoms with Gasteiger partial charge in [-0.2, -0.15) is 4.52 Å². The zero-order chi connectivity index (χ0) is 19.3. The summed E-state index contributed by atoms with van der Waals surface area (Å²) < 4.78 is 7.10. The summed E-state index contributed by atoms with van der Waals surface area (Å²) in [6.45, 7) is 4.08. The topological polar surface area (TPSA) is 88.6 Å². The number of nitrogens with one attached hydrogen (secondary N) is 1. The third kappa shape index (κ3) is 4.32. The first-order valence-electron chi connectivity index (χ1n) is 9.97. The Morgan fingerprint density at radius 2 is 2.07 bits per heavy atom. The molecular formula is C20H26N6O2. The van der Waals surface area contributed by atoms with Crippen molar-refractivity contribution < 1.29 is 9.21 Å². The van der Waals surface area contributed by atoms with Crippen molar-refractivity contribution in [3.05, 3.63) is 42.1 Å². The summed E-state index contributed by atoms with van der Waals surface area (Å²) in [4.78, 5) is 14.6. The summed E-state index contributed by atoms with van der Waals surface area (Å²) in [5, 5.41) is 16.1. The molecule has 1 N–H and O–H groups in total. The van der Waals surface area contributed by atoms with Crippen LogP contribution in [0, 0.1) is 0 Å². The lowest BCUT2D eigenvalue weighted by atomic mass is 10.1. The van der Waals surface area contributed by atoms with Crippen molar-refractivity contribution in [1.82, 2.24) is 25.1 Å². The molecule has 148 valence electrons. The first-order valence-corrected chi connectivity index (χ1v) is 9.97. The maximum atomic E-state index is 12.3. The predicted octanol–water partition coefficient (Wildman–Crippen LogP) is 2.39. The van der Waals surface area contributed by atoms with E-state index in [0.717, 1.165) is 43.3 Å². The second-order valence-electron chi connectivity index (χ2n) is 7.36. The summed E-state index contributed by atoms with van der Waals surface area (Å²) in [5.74, 6) is 2.62. The van der Waals surface area contributed by atoms with Crippen LogP contribution in [-0.4, -0.2) is 44.8 Å². The van der Waals surface area contributed by atoms with Crippen LogP contribution in [0.15, 0.2) is 34.9 Å². The van der Waals surface area contributed by atoms with Crippen molar-refractivity contribution in [3.8, 4) is 0 Å². The Kier molecular flexibility index (Phi) is 5.55. The van der Waals surface area contributed by atoms with Crippen LogP contribution in [0.2, 0.25) is 0 Å². The first kappa shape index (κ1) is 18.5. The van der Waals surface area contributed by atoms with Gasteiger partial charge in [0, 0.05) is 38.4 Å². The molecule has 0 aromatic carbocycles. The van der Waals surface area contributed by atoms with E-state index < -0.39 is 0 Å². The largest absolute Gasteiger partial charge is 0.469 e. The molecule has 3 aromatic heterocycles. The molecule has 8 heteroatoms. The lowest BCUT2D eigenvalue weighted by Gasteiger charge is -2.16. The number of carbonyl (C=O) groups excluding carboxylic acids is 1. The molecule has 0 saturated carbocycles. The van der Waals surface area contributed by atoms with Gasteiger partial charge < -0.3 is 14.6 Å². The number of carbonyl (C=O) groups is 1. The van der Waals surface area contributed by atoms with Crippen LogP contribution in [0.25, 0.3) is 5.65 Å². The quantitative estimate of drug-likeness (QED) is 0.643. The van der Waals surface area contributed by atoms with E-state index in [2.05, 4.69) is 25.5 Å². The Bertz CT molecular complexity index is 914. The molecule has 4 rings (SSSR count). The summed E-state index contributed by atoms with van der Waals surface area (Å²) in [6, 6.07) is 7.85. The van der Waals surface area contributed by atoms with Crippen LogP contribution < -0.4 is 10.2 Å². The van der Waals surface area contributed by atoms with Gasteiger partial charge in [-0.05, 0) is 50.5 Å². The van der Waals surface area contributed by atoms with E-state index in [9.17, 15) is 4.79 Å². The zero-order valence-electron chi connectivity index (χ0n) is 16.2. The number of hydrogen-bond acceptors (Lipinski definition) is 6. The maximum Gasteiger partial charge on any atom is 0.220 e. The number of aromatic nitrogens is 4. The molecule has 28 heavy (non-hydrogen) atoms. The highest BCUT2D eigenvalue weighted by atomic mass is 16.3. The average molecular weight is 382 g/mol. The zero-order valence-corrected chi connectivity index (χ0v) is 16.2. The molecule has 1 atom stereocenters. The number of anilines is 1. The number of amides is 1. The molecule has 1 fully saturated rings. The van der Waals surface area contributed by atoms with Crippen molar-refractivity contribution >= 4 is 17.4 Å². The number of nitrogens with zero attached hydrogens (tertiary/aromatic N) is 5. The molecule has 0 radical (unpaired) electrons. The van der Waals surface area contributed by atoms with Gasteiger partial charge in [0.1, 0.15) is 11.6 Å². The minimum atomic E-state index is 0.0133. The van der Waals surface area contributed by atoms with Gasteiger partial charge >= 0.3 is 0 Å². The molecule has 0 aliphatic carbocycles. The molecule has 1 aliphatic rings. The second-order valence-corrected chi connectivity index (χ2v) is 7.36. The van der Waals surface area contributed by atoms with Gasteiger partial charge in [-0.15, -0.1) is 15.3 Å². The van der Waals surface area contributed by atoms with Gasteiger partial charge in [0.25, 0.3) is 0 Å². The molecule has 0 unspecified atom stereocenters. The SMILES string of the molecule is C[C@@H](CCc1ccco1)NC(=O)CCc1nnc2ccc(N3CCCC3)nn12. The first-order chi connectivity index (χ1) is 13.7. The van der Waals surface area contributed by atoms with Crippen molar-refractivity contribution in [2.45, 2.75) is 51.5 Å². The highest BCUT2D eigenvalue weighted by Gasteiger charge is 2.16. The van der Waals surface area contributed by atoms with Gasteiger partial charge in [-0.1, -0.05) is 0 Å². The molecule has 1 saturated heterocycles. The van der Waals surface area contributed by atoms with Gasteiger partial charge in [-0.25, -0.2) is 0 Å². The third-order valence-electron chi connectivity index (χ3n) is 5.13. The van der Waals surface area contributed by atoms with Crippen molar-refractivity contribution in [3.63, 3.8) is 0 Å². The van der Waals surface area contributed by atoms with E-state index in [1.165, 1.54) is 12.8 Å².